The van der Waals surface area contributed by atoms with Gasteiger partial charge >= 0.3 is 0 Å². The molecule has 0 spiro atoms. The third kappa shape index (κ3) is 3.94. The number of aromatic amines is 1. The lowest BCUT2D eigenvalue weighted by Gasteiger charge is -2.10. The van der Waals surface area contributed by atoms with Gasteiger partial charge in [0, 0.05) is 30.6 Å². The summed E-state index contributed by atoms with van der Waals surface area (Å²) >= 11 is 0. The second-order valence-electron chi connectivity index (χ2n) is 5.38. The molecular formula is C16H22N6O. The summed E-state index contributed by atoms with van der Waals surface area (Å²) in [6.07, 6.45) is 7.72. The molecule has 0 amide bonds. The van der Waals surface area contributed by atoms with Crippen molar-refractivity contribution in [3.63, 3.8) is 0 Å². The normalized spacial score (nSPS) is 13.7. The molecule has 7 heteroatoms. The SMILES string of the molecule is NCCCCOCCNc1cc(C2=CCN=C2)nc2[nH]ncc12. The number of nitrogens with one attached hydrogen (secondary N) is 2. The molecule has 0 radical (unpaired) electrons. The summed E-state index contributed by atoms with van der Waals surface area (Å²) in [5.41, 5.74) is 9.18. The number of rotatable bonds is 9. The van der Waals surface area contributed by atoms with E-state index in [0.29, 0.717) is 6.61 Å². The topological polar surface area (TPSA) is 101 Å². The van der Waals surface area contributed by atoms with Crippen LogP contribution >= 0.6 is 0 Å². The summed E-state index contributed by atoms with van der Waals surface area (Å²) in [7, 11) is 0. The van der Waals surface area contributed by atoms with Crippen molar-refractivity contribution in [3.8, 4) is 0 Å². The quantitative estimate of drug-likeness (QED) is 0.610. The van der Waals surface area contributed by atoms with Gasteiger partial charge < -0.3 is 15.8 Å². The van der Waals surface area contributed by atoms with Crippen molar-refractivity contribution in [1.82, 2.24) is 15.2 Å². The molecule has 0 bridgehead atoms. The number of aromatic nitrogens is 3. The van der Waals surface area contributed by atoms with Gasteiger partial charge in [-0.25, -0.2) is 4.98 Å². The molecule has 23 heavy (non-hydrogen) atoms. The fourth-order valence-electron chi connectivity index (χ4n) is 2.46. The highest BCUT2D eigenvalue weighted by Crippen LogP contribution is 2.25. The Bertz CT molecular complexity index is 706. The van der Waals surface area contributed by atoms with Crippen molar-refractivity contribution in [2.75, 3.05) is 38.2 Å². The second-order valence-corrected chi connectivity index (χ2v) is 5.38. The molecule has 1 aliphatic rings. The number of fused-ring (bicyclic) bond motifs is 1. The highest BCUT2D eigenvalue weighted by atomic mass is 16.5. The number of hydrogen-bond donors (Lipinski definition) is 3. The lowest BCUT2D eigenvalue weighted by Crippen LogP contribution is -2.11. The zero-order valence-electron chi connectivity index (χ0n) is 13.1. The van der Waals surface area contributed by atoms with E-state index in [9.17, 15) is 0 Å². The molecule has 3 heterocycles. The Labute approximate surface area is 135 Å². The molecular weight excluding hydrogens is 292 g/mol. The zero-order chi connectivity index (χ0) is 15.9. The fourth-order valence-corrected chi connectivity index (χ4v) is 2.46. The van der Waals surface area contributed by atoms with E-state index in [0.717, 1.165) is 67.1 Å². The van der Waals surface area contributed by atoms with Gasteiger partial charge in [0.25, 0.3) is 0 Å². The van der Waals surface area contributed by atoms with E-state index in [4.69, 9.17) is 10.5 Å². The molecule has 0 saturated heterocycles. The van der Waals surface area contributed by atoms with Gasteiger partial charge in [-0.3, -0.25) is 10.1 Å². The smallest absolute Gasteiger partial charge is 0.157 e. The summed E-state index contributed by atoms with van der Waals surface area (Å²) in [6, 6.07) is 2.04. The largest absolute Gasteiger partial charge is 0.382 e. The summed E-state index contributed by atoms with van der Waals surface area (Å²) in [5, 5.41) is 11.4. The van der Waals surface area contributed by atoms with E-state index in [-0.39, 0.29) is 0 Å². The van der Waals surface area contributed by atoms with E-state index in [1.165, 1.54) is 0 Å². The lowest BCUT2D eigenvalue weighted by molar-refractivity contribution is 0.140. The van der Waals surface area contributed by atoms with Crippen LogP contribution in [0.25, 0.3) is 16.6 Å². The monoisotopic (exact) mass is 314 g/mol. The molecule has 0 aromatic carbocycles. The van der Waals surface area contributed by atoms with Gasteiger partial charge in [-0.2, -0.15) is 5.10 Å². The van der Waals surface area contributed by atoms with Crippen LogP contribution < -0.4 is 11.1 Å². The van der Waals surface area contributed by atoms with Crippen LogP contribution in [0.3, 0.4) is 0 Å². The maximum atomic E-state index is 5.59. The molecule has 0 unspecified atom stereocenters. The molecule has 0 aliphatic carbocycles. The van der Waals surface area contributed by atoms with E-state index >= 15 is 0 Å². The number of nitrogens with two attached hydrogens (primary N) is 1. The molecule has 3 rings (SSSR count). The first-order chi connectivity index (χ1) is 11.4. The molecule has 2 aromatic heterocycles. The van der Waals surface area contributed by atoms with Crippen LogP contribution in [-0.2, 0) is 4.74 Å². The highest BCUT2D eigenvalue weighted by molar-refractivity contribution is 6.11. The van der Waals surface area contributed by atoms with Crippen molar-refractivity contribution in [2.45, 2.75) is 12.8 Å². The van der Waals surface area contributed by atoms with Crippen LogP contribution in [0.2, 0.25) is 0 Å². The first-order valence-electron chi connectivity index (χ1n) is 7.94. The number of aliphatic imine (C=N–C) groups is 1. The minimum Gasteiger partial charge on any atom is -0.382 e. The molecule has 0 fully saturated rings. The third-order valence-electron chi connectivity index (χ3n) is 3.67. The Morgan fingerprint density at radius 2 is 2.26 bits per heavy atom. The van der Waals surface area contributed by atoms with Gasteiger partial charge in [-0.05, 0) is 25.5 Å². The average Bonchev–Trinajstić information content (AvgIpc) is 3.24. The van der Waals surface area contributed by atoms with Crippen molar-refractivity contribution in [1.29, 1.82) is 0 Å². The highest BCUT2D eigenvalue weighted by Gasteiger charge is 2.11. The molecule has 7 nitrogen and oxygen atoms in total. The molecule has 1 aliphatic heterocycles. The number of pyridine rings is 1. The Hall–Kier alpha value is -2.25. The van der Waals surface area contributed by atoms with E-state index < -0.39 is 0 Å². The number of nitrogens with zero attached hydrogens (tertiary/aromatic N) is 3. The summed E-state index contributed by atoms with van der Waals surface area (Å²) < 4.78 is 5.59. The second kappa shape index (κ2) is 7.85. The third-order valence-corrected chi connectivity index (χ3v) is 3.67. The average molecular weight is 314 g/mol. The van der Waals surface area contributed by atoms with Crippen LogP contribution in [0.5, 0.6) is 0 Å². The van der Waals surface area contributed by atoms with Crippen LogP contribution in [0, 0.1) is 0 Å². The predicted molar refractivity (Wildman–Crippen MR) is 92.8 cm³/mol. The first kappa shape index (κ1) is 15.6. The summed E-state index contributed by atoms with van der Waals surface area (Å²) in [4.78, 5) is 8.81. The van der Waals surface area contributed by atoms with Crippen molar-refractivity contribution >= 4 is 28.5 Å². The van der Waals surface area contributed by atoms with Gasteiger partial charge in [0.05, 0.1) is 30.4 Å². The molecule has 2 aromatic rings. The number of hydrogen-bond acceptors (Lipinski definition) is 6. The Morgan fingerprint density at radius 1 is 1.30 bits per heavy atom. The van der Waals surface area contributed by atoms with Crippen LogP contribution in [0.1, 0.15) is 18.5 Å². The van der Waals surface area contributed by atoms with Crippen LogP contribution in [0.15, 0.2) is 23.3 Å². The maximum Gasteiger partial charge on any atom is 0.157 e. The molecule has 0 atom stereocenters. The molecule has 0 saturated carbocycles. The van der Waals surface area contributed by atoms with Crippen LogP contribution in [-0.4, -0.2) is 54.2 Å². The predicted octanol–water partition coefficient (Wildman–Crippen LogP) is 1.59. The van der Waals surface area contributed by atoms with Gasteiger partial charge in [0.2, 0.25) is 0 Å². The Kier molecular flexibility index (Phi) is 5.33. The van der Waals surface area contributed by atoms with Gasteiger partial charge in [0.15, 0.2) is 5.65 Å². The Morgan fingerprint density at radius 3 is 3.09 bits per heavy atom. The molecule has 122 valence electrons. The van der Waals surface area contributed by atoms with Crippen LogP contribution in [0.4, 0.5) is 5.69 Å². The molecule has 4 N–H and O–H groups in total. The number of H-pyrrole nitrogens is 1. The van der Waals surface area contributed by atoms with Crippen molar-refractivity contribution < 1.29 is 4.74 Å². The Balaban J connectivity index is 1.62. The van der Waals surface area contributed by atoms with Gasteiger partial charge in [0.1, 0.15) is 0 Å². The number of anilines is 1. The van der Waals surface area contributed by atoms with E-state index in [2.05, 4.69) is 31.6 Å². The standard InChI is InChI=1S/C16H22N6O/c17-4-1-2-7-23-8-6-19-15-9-14(12-3-5-18-10-12)21-16-13(15)11-20-22-16/h3,9-11H,1-2,4-8,17H2,(H2,19,20,21,22). The van der Waals surface area contributed by atoms with Gasteiger partial charge in [-0.1, -0.05) is 6.08 Å². The lowest BCUT2D eigenvalue weighted by atomic mass is 10.1. The zero-order valence-corrected chi connectivity index (χ0v) is 13.1. The van der Waals surface area contributed by atoms with E-state index in [1.807, 2.05) is 12.3 Å². The maximum absolute atomic E-state index is 5.59. The fraction of sp³-hybridized carbons (Fsp3) is 0.438. The van der Waals surface area contributed by atoms with Gasteiger partial charge in [-0.15, -0.1) is 0 Å². The minimum atomic E-state index is 0.658. The minimum absolute atomic E-state index is 0.658. The van der Waals surface area contributed by atoms with E-state index in [1.54, 1.807) is 6.20 Å². The van der Waals surface area contributed by atoms with Crippen molar-refractivity contribution in [3.05, 3.63) is 24.0 Å². The number of ether oxygens (including phenoxy) is 1. The number of unbranched alkanes of at least 4 members (excludes halogenated alkanes) is 1. The first-order valence-corrected chi connectivity index (χ1v) is 7.94. The summed E-state index contributed by atoms with van der Waals surface area (Å²) in [6.45, 7) is 3.59. The number of allylic oxidation sites excluding steroid dienone is 1. The summed E-state index contributed by atoms with van der Waals surface area (Å²) in [5.74, 6) is 0. The van der Waals surface area contributed by atoms with Crippen molar-refractivity contribution in [2.24, 2.45) is 10.7 Å².